The van der Waals surface area contributed by atoms with E-state index >= 15 is 0 Å². The highest BCUT2D eigenvalue weighted by Crippen LogP contribution is 2.30. The number of carbonyl (C=O) groups is 2. The average Bonchev–Trinajstić information content (AvgIpc) is 3.50. The smallest absolute Gasteiger partial charge is 0.248 e. The summed E-state index contributed by atoms with van der Waals surface area (Å²) in [4.78, 5) is 26.6. The van der Waals surface area contributed by atoms with Gasteiger partial charge in [-0.05, 0) is 55.3 Å². The summed E-state index contributed by atoms with van der Waals surface area (Å²) in [5.41, 5.74) is 8.14. The SMILES string of the molecule is COc1ccc(-n2cnnc2SCC(=O)Nc2cc(C(N)=O)ccc2N2CCCC2)cc1. The zero-order valence-electron chi connectivity index (χ0n) is 17.7. The molecule has 0 aliphatic carbocycles. The molecule has 1 aromatic heterocycles. The van der Waals surface area contributed by atoms with E-state index in [0.717, 1.165) is 43.1 Å². The molecule has 4 rings (SSSR count). The number of aromatic nitrogens is 3. The van der Waals surface area contributed by atoms with Crippen LogP contribution in [0.5, 0.6) is 5.75 Å². The van der Waals surface area contributed by atoms with Crippen molar-refractivity contribution >= 4 is 35.0 Å². The molecule has 166 valence electrons. The number of nitrogens with zero attached hydrogens (tertiary/aromatic N) is 4. The zero-order chi connectivity index (χ0) is 22.5. The molecule has 0 spiro atoms. The number of primary amides is 1. The van der Waals surface area contributed by atoms with E-state index in [2.05, 4.69) is 20.4 Å². The van der Waals surface area contributed by atoms with Crippen LogP contribution in [0.15, 0.2) is 53.9 Å². The van der Waals surface area contributed by atoms with Gasteiger partial charge in [0.1, 0.15) is 12.1 Å². The van der Waals surface area contributed by atoms with E-state index < -0.39 is 5.91 Å². The molecule has 1 saturated heterocycles. The second kappa shape index (κ2) is 9.73. The first-order valence-electron chi connectivity index (χ1n) is 10.2. The van der Waals surface area contributed by atoms with Gasteiger partial charge in [0.15, 0.2) is 5.16 Å². The summed E-state index contributed by atoms with van der Waals surface area (Å²) in [6.07, 6.45) is 3.80. The predicted molar refractivity (Wildman–Crippen MR) is 124 cm³/mol. The van der Waals surface area contributed by atoms with Gasteiger partial charge in [0.2, 0.25) is 11.8 Å². The Morgan fingerprint density at radius 2 is 1.91 bits per heavy atom. The van der Waals surface area contributed by atoms with Crippen LogP contribution in [0.3, 0.4) is 0 Å². The number of anilines is 2. The Bertz CT molecular complexity index is 1110. The van der Waals surface area contributed by atoms with Crippen molar-refractivity contribution in [3.8, 4) is 11.4 Å². The van der Waals surface area contributed by atoms with Crippen LogP contribution in [0.1, 0.15) is 23.2 Å². The van der Waals surface area contributed by atoms with Gasteiger partial charge in [-0.15, -0.1) is 10.2 Å². The lowest BCUT2D eigenvalue weighted by molar-refractivity contribution is -0.113. The van der Waals surface area contributed by atoms with Crippen LogP contribution >= 0.6 is 11.8 Å². The fraction of sp³-hybridized carbons (Fsp3) is 0.273. The molecule has 3 aromatic rings. The van der Waals surface area contributed by atoms with Crippen molar-refractivity contribution in [3.05, 3.63) is 54.4 Å². The van der Waals surface area contributed by atoms with E-state index in [4.69, 9.17) is 10.5 Å². The third-order valence-corrected chi connectivity index (χ3v) is 6.14. The Kier molecular flexibility index (Phi) is 6.60. The Morgan fingerprint density at radius 1 is 1.16 bits per heavy atom. The number of rotatable bonds is 8. The minimum absolute atomic E-state index is 0.134. The monoisotopic (exact) mass is 452 g/mol. The van der Waals surface area contributed by atoms with E-state index in [9.17, 15) is 9.59 Å². The molecular formula is C22H24N6O3S. The quantitative estimate of drug-likeness (QED) is 0.505. The molecule has 2 amide bonds. The highest BCUT2D eigenvalue weighted by molar-refractivity contribution is 7.99. The van der Waals surface area contributed by atoms with Crippen LogP contribution in [0, 0.1) is 0 Å². The van der Waals surface area contributed by atoms with Crippen molar-refractivity contribution in [1.82, 2.24) is 14.8 Å². The first kappa shape index (κ1) is 21.7. The molecule has 0 atom stereocenters. The van der Waals surface area contributed by atoms with Crippen LogP contribution in [0.4, 0.5) is 11.4 Å². The van der Waals surface area contributed by atoms with E-state index in [1.165, 1.54) is 11.8 Å². The van der Waals surface area contributed by atoms with E-state index in [0.29, 0.717) is 16.4 Å². The summed E-state index contributed by atoms with van der Waals surface area (Å²) in [5, 5.41) is 11.6. The van der Waals surface area contributed by atoms with Crippen LogP contribution < -0.4 is 20.7 Å². The van der Waals surface area contributed by atoms with Crippen LogP contribution in [-0.2, 0) is 4.79 Å². The maximum atomic E-state index is 12.7. The van der Waals surface area contributed by atoms with Crippen LogP contribution in [0.2, 0.25) is 0 Å². The third kappa shape index (κ3) is 4.86. The molecule has 10 heteroatoms. The fourth-order valence-electron chi connectivity index (χ4n) is 3.58. The lowest BCUT2D eigenvalue weighted by Gasteiger charge is -2.22. The number of hydrogen-bond acceptors (Lipinski definition) is 7. The molecular weight excluding hydrogens is 428 g/mol. The maximum absolute atomic E-state index is 12.7. The Balaban J connectivity index is 1.46. The molecule has 0 saturated carbocycles. The summed E-state index contributed by atoms with van der Waals surface area (Å²) in [6.45, 7) is 1.83. The van der Waals surface area contributed by atoms with Crippen LogP contribution in [0.25, 0.3) is 5.69 Å². The van der Waals surface area contributed by atoms with Gasteiger partial charge in [0.05, 0.1) is 24.2 Å². The molecule has 1 fully saturated rings. The zero-order valence-corrected chi connectivity index (χ0v) is 18.5. The minimum Gasteiger partial charge on any atom is -0.497 e. The van der Waals surface area contributed by atoms with E-state index in [1.54, 1.807) is 30.1 Å². The molecule has 0 unspecified atom stereocenters. The van der Waals surface area contributed by atoms with Gasteiger partial charge in [-0.25, -0.2) is 0 Å². The Morgan fingerprint density at radius 3 is 2.59 bits per heavy atom. The minimum atomic E-state index is -0.532. The number of methoxy groups -OCH3 is 1. The number of nitrogens with two attached hydrogens (primary N) is 1. The molecule has 1 aliphatic rings. The Labute approximate surface area is 189 Å². The van der Waals surface area contributed by atoms with Gasteiger partial charge in [-0.2, -0.15) is 0 Å². The number of carbonyl (C=O) groups excluding carboxylic acids is 2. The molecule has 0 bridgehead atoms. The van der Waals surface area contributed by atoms with Gasteiger partial charge >= 0.3 is 0 Å². The van der Waals surface area contributed by atoms with Gasteiger partial charge in [-0.1, -0.05) is 11.8 Å². The number of amides is 2. The normalized spacial score (nSPS) is 13.2. The number of hydrogen-bond donors (Lipinski definition) is 2. The highest BCUT2D eigenvalue weighted by atomic mass is 32.2. The standard InChI is InChI=1S/C22H24N6O3S/c1-31-17-7-5-16(6-8-17)28-14-24-26-22(28)32-13-20(29)25-18-12-15(21(23)30)4-9-19(18)27-10-2-3-11-27/h4-9,12,14H,2-3,10-11,13H2,1H3,(H2,23,30)(H,25,29). The molecule has 9 nitrogen and oxygen atoms in total. The topological polar surface area (TPSA) is 115 Å². The second-order valence-electron chi connectivity index (χ2n) is 7.31. The molecule has 3 N–H and O–H groups in total. The Hall–Kier alpha value is -3.53. The van der Waals surface area contributed by atoms with Gasteiger partial charge < -0.3 is 20.7 Å². The maximum Gasteiger partial charge on any atom is 0.248 e. The first-order chi connectivity index (χ1) is 15.5. The third-order valence-electron chi connectivity index (χ3n) is 5.20. The van der Waals surface area contributed by atoms with Crippen molar-refractivity contribution in [2.45, 2.75) is 18.0 Å². The van der Waals surface area contributed by atoms with Gasteiger partial charge in [0.25, 0.3) is 0 Å². The molecule has 0 radical (unpaired) electrons. The largest absolute Gasteiger partial charge is 0.497 e. The molecule has 2 aromatic carbocycles. The second-order valence-corrected chi connectivity index (χ2v) is 8.25. The first-order valence-corrected chi connectivity index (χ1v) is 11.2. The summed E-state index contributed by atoms with van der Waals surface area (Å²) in [6, 6.07) is 12.7. The fourth-order valence-corrected chi connectivity index (χ4v) is 4.31. The lowest BCUT2D eigenvalue weighted by atomic mass is 10.1. The van der Waals surface area contributed by atoms with Crippen LogP contribution in [-0.4, -0.2) is 52.5 Å². The van der Waals surface area contributed by atoms with E-state index in [-0.39, 0.29) is 11.7 Å². The van der Waals surface area contributed by atoms with Crippen molar-refractivity contribution in [2.24, 2.45) is 5.73 Å². The summed E-state index contributed by atoms with van der Waals surface area (Å²) >= 11 is 1.28. The van der Waals surface area contributed by atoms with Crippen molar-refractivity contribution < 1.29 is 14.3 Å². The van der Waals surface area contributed by atoms with Gasteiger partial charge in [-0.3, -0.25) is 14.2 Å². The lowest BCUT2D eigenvalue weighted by Crippen LogP contribution is -2.23. The highest BCUT2D eigenvalue weighted by Gasteiger charge is 2.19. The average molecular weight is 453 g/mol. The van der Waals surface area contributed by atoms with Crippen molar-refractivity contribution in [2.75, 3.05) is 36.2 Å². The van der Waals surface area contributed by atoms with Crippen molar-refractivity contribution in [1.29, 1.82) is 0 Å². The van der Waals surface area contributed by atoms with Crippen molar-refractivity contribution in [3.63, 3.8) is 0 Å². The number of nitrogens with one attached hydrogen (secondary N) is 1. The number of benzene rings is 2. The molecule has 32 heavy (non-hydrogen) atoms. The summed E-state index contributed by atoms with van der Waals surface area (Å²) in [5.74, 6) is 0.147. The molecule has 1 aliphatic heterocycles. The van der Waals surface area contributed by atoms with Gasteiger partial charge in [0, 0.05) is 24.3 Å². The molecule has 2 heterocycles. The predicted octanol–water partition coefficient (Wildman–Crippen LogP) is 2.71. The van der Waals surface area contributed by atoms with E-state index in [1.807, 2.05) is 30.3 Å². The summed E-state index contributed by atoms with van der Waals surface area (Å²) < 4.78 is 7.00. The number of ether oxygens (including phenoxy) is 1. The summed E-state index contributed by atoms with van der Waals surface area (Å²) in [7, 11) is 1.61. The number of thioether (sulfide) groups is 1.